The summed E-state index contributed by atoms with van der Waals surface area (Å²) in [6, 6.07) is 6.19. The van der Waals surface area contributed by atoms with Crippen LogP contribution in [-0.2, 0) is 4.79 Å². The molecule has 0 heterocycles. The molecule has 106 valence electrons. The number of hydrogen-bond acceptors (Lipinski definition) is 3. The summed E-state index contributed by atoms with van der Waals surface area (Å²) in [5, 5.41) is 0. The maximum Gasteiger partial charge on any atom is 0.231 e. The van der Waals surface area contributed by atoms with Crippen molar-refractivity contribution in [3.63, 3.8) is 0 Å². The molecule has 19 heavy (non-hydrogen) atoms. The Morgan fingerprint density at radius 1 is 1.42 bits per heavy atom. The van der Waals surface area contributed by atoms with Crippen LogP contribution in [0.5, 0.6) is 0 Å². The number of nitrogens with zero attached hydrogens (tertiary/aromatic N) is 1. The molecule has 1 amide bonds. The molecular formula is C14H22FN3O. The zero-order chi connectivity index (χ0) is 14.3. The maximum absolute atomic E-state index is 13.8. The second kappa shape index (κ2) is 7.86. The zero-order valence-electron chi connectivity index (χ0n) is 11.3. The van der Waals surface area contributed by atoms with Crippen LogP contribution in [0.3, 0.4) is 0 Å². The second-order valence-electron chi connectivity index (χ2n) is 4.56. The third-order valence-electron chi connectivity index (χ3n) is 3.09. The third-order valence-corrected chi connectivity index (χ3v) is 3.09. The number of rotatable bonds is 8. The lowest BCUT2D eigenvalue weighted by atomic mass is 10.0. The predicted molar refractivity (Wildman–Crippen MR) is 73.9 cm³/mol. The number of benzene rings is 1. The van der Waals surface area contributed by atoms with Crippen molar-refractivity contribution >= 4 is 5.91 Å². The van der Waals surface area contributed by atoms with E-state index in [1.54, 1.807) is 18.2 Å². The molecule has 1 unspecified atom stereocenters. The van der Waals surface area contributed by atoms with E-state index < -0.39 is 5.91 Å². The van der Waals surface area contributed by atoms with Crippen LogP contribution in [0.4, 0.5) is 4.39 Å². The average molecular weight is 267 g/mol. The largest absolute Gasteiger partial charge is 0.369 e. The minimum Gasteiger partial charge on any atom is -0.369 e. The van der Waals surface area contributed by atoms with Gasteiger partial charge in [-0.1, -0.05) is 31.5 Å². The van der Waals surface area contributed by atoms with Gasteiger partial charge in [0.25, 0.3) is 0 Å². The van der Waals surface area contributed by atoms with Crippen molar-refractivity contribution in [2.24, 2.45) is 11.5 Å². The van der Waals surface area contributed by atoms with Crippen molar-refractivity contribution in [3.05, 3.63) is 35.6 Å². The molecule has 0 spiro atoms. The van der Waals surface area contributed by atoms with Crippen LogP contribution in [0.15, 0.2) is 24.3 Å². The number of primary amides is 1. The van der Waals surface area contributed by atoms with Gasteiger partial charge in [0, 0.05) is 12.1 Å². The number of halogens is 1. The van der Waals surface area contributed by atoms with E-state index in [2.05, 4.69) is 6.92 Å². The summed E-state index contributed by atoms with van der Waals surface area (Å²) in [4.78, 5) is 13.0. The summed E-state index contributed by atoms with van der Waals surface area (Å²) in [7, 11) is 0. The van der Waals surface area contributed by atoms with Gasteiger partial charge in [-0.25, -0.2) is 4.39 Å². The molecule has 1 aromatic rings. The summed E-state index contributed by atoms with van der Waals surface area (Å²) >= 11 is 0. The van der Waals surface area contributed by atoms with Crippen LogP contribution in [0, 0.1) is 5.82 Å². The van der Waals surface area contributed by atoms with Crippen molar-refractivity contribution in [1.29, 1.82) is 0 Å². The Balaban J connectivity index is 2.94. The molecule has 0 aliphatic rings. The highest BCUT2D eigenvalue weighted by Gasteiger charge is 2.22. The van der Waals surface area contributed by atoms with Gasteiger partial charge in [-0.3, -0.25) is 9.69 Å². The monoisotopic (exact) mass is 267 g/mol. The molecule has 0 saturated carbocycles. The van der Waals surface area contributed by atoms with Crippen molar-refractivity contribution in [2.75, 3.05) is 19.6 Å². The summed E-state index contributed by atoms with van der Waals surface area (Å²) in [5.74, 6) is -0.727. The number of carbonyl (C=O) groups excluding carboxylic acids is 1. The first-order valence-electron chi connectivity index (χ1n) is 6.57. The van der Waals surface area contributed by atoms with E-state index in [-0.39, 0.29) is 24.9 Å². The number of amides is 1. The topological polar surface area (TPSA) is 72.3 Å². The van der Waals surface area contributed by atoms with E-state index in [1.165, 1.54) is 6.07 Å². The van der Waals surface area contributed by atoms with Crippen molar-refractivity contribution in [3.8, 4) is 0 Å². The molecule has 0 radical (unpaired) electrons. The van der Waals surface area contributed by atoms with Crippen molar-refractivity contribution < 1.29 is 9.18 Å². The molecule has 4 N–H and O–H groups in total. The highest BCUT2D eigenvalue weighted by molar-refractivity contribution is 5.76. The average Bonchev–Trinajstić information content (AvgIpc) is 2.38. The van der Waals surface area contributed by atoms with Gasteiger partial charge in [-0.15, -0.1) is 0 Å². The summed E-state index contributed by atoms with van der Waals surface area (Å²) < 4.78 is 13.8. The number of unbranched alkanes of at least 4 members (excludes halogenated alkanes) is 1. The maximum atomic E-state index is 13.8. The van der Waals surface area contributed by atoms with Gasteiger partial charge in [0.2, 0.25) is 5.91 Å². The van der Waals surface area contributed by atoms with Gasteiger partial charge in [-0.2, -0.15) is 0 Å². The number of hydrogen-bond donors (Lipinski definition) is 2. The van der Waals surface area contributed by atoms with Crippen LogP contribution >= 0.6 is 0 Å². The Morgan fingerprint density at radius 3 is 2.63 bits per heavy atom. The first-order chi connectivity index (χ1) is 9.10. The molecule has 0 aliphatic heterocycles. The van der Waals surface area contributed by atoms with Crippen LogP contribution in [0.2, 0.25) is 0 Å². The quantitative estimate of drug-likeness (QED) is 0.748. The molecule has 1 aromatic carbocycles. The highest BCUT2D eigenvalue weighted by Crippen LogP contribution is 2.22. The minimum absolute atomic E-state index is 0.0935. The molecule has 0 fully saturated rings. The second-order valence-corrected chi connectivity index (χ2v) is 4.56. The molecule has 0 bridgehead atoms. The molecule has 1 atom stereocenters. The Labute approximate surface area is 113 Å². The van der Waals surface area contributed by atoms with Gasteiger partial charge in [0.1, 0.15) is 5.82 Å². The Morgan fingerprint density at radius 2 is 2.11 bits per heavy atom. The van der Waals surface area contributed by atoms with Gasteiger partial charge >= 0.3 is 0 Å². The van der Waals surface area contributed by atoms with Crippen LogP contribution in [0.25, 0.3) is 0 Å². The summed E-state index contributed by atoms with van der Waals surface area (Å²) in [6.45, 7) is 3.08. The lowest BCUT2D eigenvalue weighted by Crippen LogP contribution is -2.40. The molecule has 5 heteroatoms. The first-order valence-corrected chi connectivity index (χ1v) is 6.57. The van der Waals surface area contributed by atoms with E-state index in [0.29, 0.717) is 12.1 Å². The molecule has 0 saturated heterocycles. The first kappa shape index (κ1) is 15.6. The highest BCUT2D eigenvalue weighted by atomic mass is 19.1. The fourth-order valence-corrected chi connectivity index (χ4v) is 2.12. The van der Waals surface area contributed by atoms with E-state index in [9.17, 15) is 9.18 Å². The Kier molecular flexibility index (Phi) is 6.45. The molecule has 4 nitrogen and oxygen atoms in total. The smallest absolute Gasteiger partial charge is 0.231 e. The van der Waals surface area contributed by atoms with E-state index >= 15 is 0 Å². The van der Waals surface area contributed by atoms with Crippen LogP contribution < -0.4 is 11.5 Å². The molecular weight excluding hydrogens is 245 g/mol. The van der Waals surface area contributed by atoms with E-state index in [4.69, 9.17) is 11.5 Å². The van der Waals surface area contributed by atoms with E-state index in [1.807, 2.05) is 4.90 Å². The minimum atomic E-state index is -0.425. The Bertz CT molecular complexity index is 411. The predicted octanol–water partition coefficient (Wildman–Crippen LogP) is 1.41. The zero-order valence-corrected chi connectivity index (χ0v) is 11.3. The van der Waals surface area contributed by atoms with Crippen LogP contribution in [0.1, 0.15) is 31.4 Å². The standard InChI is InChI=1S/C14H22FN3O/c1-2-3-8-18(10-14(17)19)13(9-16)11-6-4-5-7-12(11)15/h4-7,13H,2-3,8-10,16H2,1H3,(H2,17,19). The third kappa shape index (κ3) is 4.61. The summed E-state index contributed by atoms with van der Waals surface area (Å²) in [6.07, 6.45) is 1.90. The molecule has 0 aromatic heterocycles. The van der Waals surface area contributed by atoms with Gasteiger partial charge in [0.05, 0.1) is 12.6 Å². The molecule has 1 rings (SSSR count). The van der Waals surface area contributed by atoms with E-state index in [0.717, 1.165) is 12.8 Å². The normalized spacial score (nSPS) is 12.6. The SMILES string of the molecule is CCCCN(CC(N)=O)C(CN)c1ccccc1F. The lowest BCUT2D eigenvalue weighted by molar-refractivity contribution is -0.119. The van der Waals surface area contributed by atoms with Crippen LogP contribution in [-0.4, -0.2) is 30.4 Å². The van der Waals surface area contributed by atoms with Gasteiger partial charge < -0.3 is 11.5 Å². The molecule has 0 aliphatic carbocycles. The van der Waals surface area contributed by atoms with Gasteiger partial charge in [-0.05, 0) is 19.0 Å². The van der Waals surface area contributed by atoms with Crippen molar-refractivity contribution in [1.82, 2.24) is 4.90 Å². The fourth-order valence-electron chi connectivity index (χ4n) is 2.12. The number of carbonyl (C=O) groups is 1. The summed E-state index contributed by atoms with van der Waals surface area (Å²) in [5.41, 5.74) is 11.5. The van der Waals surface area contributed by atoms with Crippen molar-refractivity contribution in [2.45, 2.75) is 25.8 Å². The van der Waals surface area contributed by atoms with Gasteiger partial charge in [0.15, 0.2) is 0 Å². The Hall–Kier alpha value is -1.46. The lowest BCUT2D eigenvalue weighted by Gasteiger charge is -2.30. The fraction of sp³-hybridized carbons (Fsp3) is 0.500. The number of nitrogens with two attached hydrogens (primary N) is 2.